The molecule has 0 aliphatic carbocycles. The van der Waals surface area contributed by atoms with Crippen LogP contribution in [0.5, 0.6) is 0 Å². The summed E-state index contributed by atoms with van der Waals surface area (Å²) in [6, 6.07) is 4.04. The molecule has 0 saturated carbocycles. The number of carbonyl (C=O) groups is 1. The number of amides is 1. The Morgan fingerprint density at radius 1 is 1.50 bits per heavy atom. The molecule has 1 aromatic rings. The summed E-state index contributed by atoms with van der Waals surface area (Å²) in [5.41, 5.74) is 0. The minimum Gasteiger partial charge on any atom is -0.307 e. The van der Waals surface area contributed by atoms with E-state index in [1.165, 1.54) is 16.6 Å². The molecule has 0 unspecified atom stereocenters. The zero-order chi connectivity index (χ0) is 10.1. The molecule has 72 valence electrons. The Bertz CT molecular complexity index is 433. The second kappa shape index (κ2) is 3.84. The van der Waals surface area contributed by atoms with Crippen molar-refractivity contribution in [2.45, 2.75) is 6.92 Å². The molecule has 1 aromatic heterocycles. The van der Waals surface area contributed by atoms with Gasteiger partial charge in [0.25, 0.3) is 5.91 Å². The highest BCUT2D eigenvalue weighted by molar-refractivity contribution is 8.26. The van der Waals surface area contributed by atoms with Gasteiger partial charge in [-0.3, -0.25) is 4.79 Å². The predicted molar refractivity (Wildman–Crippen MR) is 65.4 cm³/mol. The van der Waals surface area contributed by atoms with E-state index in [1.807, 2.05) is 25.1 Å². The summed E-state index contributed by atoms with van der Waals surface area (Å²) >= 11 is 7.87. The lowest BCUT2D eigenvalue weighted by Crippen LogP contribution is -2.17. The molecule has 1 N–H and O–H groups in total. The van der Waals surface area contributed by atoms with E-state index in [9.17, 15) is 4.79 Å². The van der Waals surface area contributed by atoms with Crippen LogP contribution in [0.3, 0.4) is 0 Å². The highest BCUT2D eigenvalue weighted by Crippen LogP contribution is 2.27. The Morgan fingerprint density at radius 2 is 2.29 bits per heavy atom. The lowest BCUT2D eigenvalue weighted by atomic mass is 10.4. The molecule has 1 saturated heterocycles. The van der Waals surface area contributed by atoms with Crippen molar-refractivity contribution >= 4 is 51.6 Å². The molecule has 0 radical (unpaired) electrons. The molecule has 0 atom stereocenters. The van der Waals surface area contributed by atoms with E-state index >= 15 is 0 Å². The summed E-state index contributed by atoms with van der Waals surface area (Å²) in [5.74, 6) is -0.0916. The third-order valence-electron chi connectivity index (χ3n) is 1.68. The van der Waals surface area contributed by atoms with Crippen molar-refractivity contribution in [1.82, 2.24) is 5.32 Å². The number of thioether (sulfide) groups is 1. The Balaban J connectivity index is 2.27. The van der Waals surface area contributed by atoms with E-state index in [2.05, 4.69) is 5.32 Å². The van der Waals surface area contributed by atoms with E-state index in [0.29, 0.717) is 9.23 Å². The third-order valence-corrected chi connectivity index (χ3v) is 3.79. The van der Waals surface area contributed by atoms with Crippen molar-refractivity contribution in [2.24, 2.45) is 0 Å². The minimum atomic E-state index is -0.0916. The van der Waals surface area contributed by atoms with Crippen LogP contribution in [0, 0.1) is 6.92 Å². The van der Waals surface area contributed by atoms with Gasteiger partial charge in [0.15, 0.2) is 0 Å². The van der Waals surface area contributed by atoms with Crippen LogP contribution in [-0.4, -0.2) is 10.2 Å². The molecule has 2 nitrogen and oxygen atoms in total. The molecule has 1 aliphatic heterocycles. The molecule has 1 amide bonds. The van der Waals surface area contributed by atoms with Crippen LogP contribution < -0.4 is 5.32 Å². The van der Waals surface area contributed by atoms with Gasteiger partial charge in [-0.15, -0.1) is 11.3 Å². The maximum atomic E-state index is 11.3. The fourth-order valence-electron chi connectivity index (χ4n) is 1.08. The zero-order valence-corrected chi connectivity index (χ0v) is 9.81. The van der Waals surface area contributed by atoms with Gasteiger partial charge in [-0.25, -0.2) is 0 Å². The molecule has 2 rings (SSSR count). The number of hydrogen-bond acceptors (Lipinski definition) is 4. The van der Waals surface area contributed by atoms with Gasteiger partial charge in [-0.2, -0.15) is 0 Å². The van der Waals surface area contributed by atoms with Crippen molar-refractivity contribution < 1.29 is 4.79 Å². The number of rotatable bonds is 1. The van der Waals surface area contributed by atoms with Crippen molar-refractivity contribution in [1.29, 1.82) is 0 Å². The van der Waals surface area contributed by atoms with E-state index in [-0.39, 0.29) is 5.91 Å². The number of thiocarbonyl (C=S) groups is 1. The number of thiophene rings is 1. The Morgan fingerprint density at radius 3 is 2.79 bits per heavy atom. The highest BCUT2D eigenvalue weighted by Gasteiger charge is 2.21. The molecule has 1 aliphatic rings. The van der Waals surface area contributed by atoms with Crippen molar-refractivity contribution in [3.63, 3.8) is 0 Å². The molecular formula is C9H7NOS3. The number of nitrogens with one attached hydrogen (secondary N) is 1. The van der Waals surface area contributed by atoms with E-state index in [4.69, 9.17) is 12.2 Å². The van der Waals surface area contributed by atoms with E-state index in [1.54, 1.807) is 11.3 Å². The topological polar surface area (TPSA) is 29.1 Å². The molecule has 0 aromatic carbocycles. The maximum absolute atomic E-state index is 11.3. The van der Waals surface area contributed by atoms with Crippen LogP contribution in [0.4, 0.5) is 0 Å². The first-order valence-electron chi connectivity index (χ1n) is 3.96. The summed E-state index contributed by atoms with van der Waals surface area (Å²) in [7, 11) is 0. The number of hydrogen-bond donors (Lipinski definition) is 1. The van der Waals surface area contributed by atoms with Crippen LogP contribution in [0.1, 0.15) is 9.75 Å². The van der Waals surface area contributed by atoms with Crippen LogP contribution in [0.25, 0.3) is 6.08 Å². The first-order valence-corrected chi connectivity index (χ1v) is 6.00. The highest BCUT2D eigenvalue weighted by atomic mass is 32.2. The predicted octanol–water partition coefficient (Wildman–Crippen LogP) is 2.55. The van der Waals surface area contributed by atoms with Gasteiger partial charge in [0, 0.05) is 9.75 Å². The fourth-order valence-corrected chi connectivity index (χ4v) is 3.01. The first kappa shape index (κ1) is 9.89. The Hall–Kier alpha value is -0.650. The molecular weight excluding hydrogens is 234 g/mol. The van der Waals surface area contributed by atoms with Gasteiger partial charge in [0.05, 0.1) is 4.91 Å². The minimum absolute atomic E-state index is 0.0916. The Labute approximate surface area is 95.4 Å². The second-order valence-corrected chi connectivity index (χ2v) is 5.84. The summed E-state index contributed by atoms with van der Waals surface area (Å²) < 4.78 is 0.537. The summed E-state index contributed by atoms with van der Waals surface area (Å²) in [6.07, 6.45) is 1.87. The van der Waals surface area contributed by atoms with Gasteiger partial charge in [0.1, 0.15) is 4.32 Å². The SMILES string of the molecule is Cc1ccc(/C=C2\SC(=S)NC2=O)s1. The molecule has 0 bridgehead atoms. The molecule has 5 heteroatoms. The standard InChI is InChI=1S/C9H7NOS3/c1-5-2-3-6(13-5)4-7-8(11)10-9(12)14-7/h2-4H,1H3,(H,10,11,12)/b7-4-. The third kappa shape index (κ3) is 2.05. The van der Waals surface area contributed by atoms with Gasteiger partial charge in [-0.05, 0) is 25.1 Å². The van der Waals surface area contributed by atoms with Gasteiger partial charge in [0.2, 0.25) is 0 Å². The van der Waals surface area contributed by atoms with Crippen LogP contribution in [0.15, 0.2) is 17.0 Å². The van der Waals surface area contributed by atoms with E-state index in [0.717, 1.165) is 4.88 Å². The monoisotopic (exact) mass is 241 g/mol. The van der Waals surface area contributed by atoms with Crippen molar-refractivity contribution in [2.75, 3.05) is 0 Å². The smallest absolute Gasteiger partial charge is 0.263 e. The maximum Gasteiger partial charge on any atom is 0.263 e. The average molecular weight is 241 g/mol. The zero-order valence-electron chi connectivity index (χ0n) is 7.37. The van der Waals surface area contributed by atoms with Gasteiger partial charge in [-0.1, -0.05) is 24.0 Å². The Kier molecular flexibility index (Phi) is 2.71. The fraction of sp³-hybridized carbons (Fsp3) is 0.111. The van der Waals surface area contributed by atoms with Gasteiger partial charge >= 0.3 is 0 Å². The molecule has 0 spiro atoms. The number of aryl methyl sites for hydroxylation is 1. The normalized spacial score (nSPS) is 19.1. The van der Waals surface area contributed by atoms with Crippen molar-refractivity contribution in [3.8, 4) is 0 Å². The molecule has 14 heavy (non-hydrogen) atoms. The quantitative estimate of drug-likeness (QED) is 0.605. The molecule has 2 heterocycles. The van der Waals surface area contributed by atoms with Crippen molar-refractivity contribution in [3.05, 3.63) is 26.8 Å². The summed E-state index contributed by atoms with van der Waals surface area (Å²) in [4.78, 5) is 14.3. The van der Waals surface area contributed by atoms with Gasteiger partial charge < -0.3 is 5.32 Å². The first-order chi connectivity index (χ1) is 6.65. The summed E-state index contributed by atoms with van der Waals surface area (Å²) in [5, 5.41) is 2.59. The second-order valence-electron chi connectivity index (χ2n) is 2.80. The van der Waals surface area contributed by atoms with Crippen LogP contribution in [-0.2, 0) is 4.79 Å². The lowest BCUT2D eigenvalue weighted by molar-refractivity contribution is -0.115. The van der Waals surface area contributed by atoms with Crippen LogP contribution in [0.2, 0.25) is 0 Å². The largest absolute Gasteiger partial charge is 0.307 e. The number of carbonyl (C=O) groups excluding carboxylic acids is 1. The van der Waals surface area contributed by atoms with Crippen LogP contribution >= 0.6 is 35.3 Å². The lowest BCUT2D eigenvalue weighted by Gasteiger charge is -1.88. The van der Waals surface area contributed by atoms with E-state index < -0.39 is 0 Å². The average Bonchev–Trinajstić information content (AvgIpc) is 2.61. The molecule has 1 fully saturated rings. The summed E-state index contributed by atoms with van der Waals surface area (Å²) in [6.45, 7) is 2.04.